The van der Waals surface area contributed by atoms with Crippen molar-refractivity contribution in [3.8, 4) is 0 Å². The summed E-state index contributed by atoms with van der Waals surface area (Å²) >= 11 is 0. The highest BCUT2D eigenvalue weighted by molar-refractivity contribution is 5.92. The van der Waals surface area contributed by atoms with E-state index in [0.29, 0.717) is 5.92 Å². The van der Waals surface area contributed by atoms with E-state index in [4.69, 9.17) is 0 Å². The highest BCUT2D eigenvalue weighted by Gasteiger charge is 2.10. The van der Waals surface area contributed by atoms with Gasteiger partial charge in [-0.1, -0.05) is 17.7 Å². The van der Waals surface area contributed by atoms with Crippen molar-refractivity contribution in [3.05, 3.63) is 23.3 Å². The van der Waals surface area contributed by atoms with Crippen molar-refractivity contribution < 1.29 is 4.79 Å². The van der Waals surface area contributed by atoms with Crippen LogP contribution in [-0.2, 0) is 4.79 Å². The first-order valence-electron chi connectivity index (χ1n) is 4.94. The molecule has 0 radical (unpaired) electrons. The van der Waals surface area contributed by atoms with E-state index in [-0.39, 0.29) is 5.78 Å². The van der Waals surface area contributed by atoms with Gasteiger partial charge in [0.2, 0.25) is 0 Å². The SMILES string of the molecule is CC(=O)/C(C)=C/C1CC=C(C)CC1. The molecule has 0 aromatic carbocycles. The van der Waals surface area contributed by atoms with E-state index < -0.39 is 0 Å². The molecule has 0 aliphatic heterocycles. The van der Waals surface area contributed by atoms with Crippen LogP contribution in [0.4, 0.5) is 0 Å². The number of Topliss-reactive ketones (excluding diaryl/α,β-unsaturated/α-hetero) is 1. The third-order valence-electron chi connectivity index (χ3n) is 2.72. The Hall–Kier alpha value is -0.850. The molecule has 0 aromatic rings. The number of hydrogen-bond donors (Lipinski definition) is 0. The average molecular weight is 178 g/mol. The van der Waals surface area contributed by atoms with E-state index in [9.17, 15) is 4.79 Å². The molecule has 0 spiro atoms. The molecular formula is C12H18O. The van der Waals surface area contributed by atoms with Crippen molar-refractivity contribution in [2.75, 3.05) is 0 Å². The maximum Gasteiger partial charge on any atom is 0.155 e. The highest BCUT2D eigenvalue weighted by Crippen LogP contribution is 2.24. The van der Waals surface area contributed by atoms with Gasteiger partial charge in [-0.3, -0.25) is 4.79 Å². The largest absolute Gasteiger partial charge is 0.295 e. The van der Waals surface area contributed by atoms with Crippen molar-refractivity contribution in [1.82, 2.24) is 0 Å². The number of ketones is 1. The van der Waals surface area contributed by atoms with Crippen LogP contribution in [0, 0.1) is 5.92 Å². The fourth-order valence-corrected chi connectivity index (χ4v) is 1.61. The van der Waals surface area contributed by atoms with Gasteiger partial charge in [-0.25, -0.2) is 0 Å². The molecule has 0 fully saturated rings. The van der Waals surface area contributed by atoms with Gasteiger partial charge in [0.1, 0.15) is 0 Å². The minimum atomic E-state index is 0.200. The number of allylic oxidation sites excluding steroid dienone is 4. The van der Waals surface area contributed by atoms with Crippen LogP contribution in [-0.4, -0.2) is 5.78 Å². The Morgan fingerprint density at radius 1 is 1.54 bits per heavy atom. The van der Waals surface area contributed by atoms with Crippen LogP contribution in [0.5, 0.6) is 0 Å². The zero-order valence-corrected chi connectivity index (χ0v) is 8.76. The molecule has 0 saturated carbocycles. The van der Waals surface area contributed by atoms with E-state index in [1.165, 1.54) is 18.4 Å². The van der Waals surface area contributed by atoms with Crippen LogP contribution in [0.3, 0.4) is 0 Å². The summed E-state index contributed by atoms with van der Waals surface area (Å²) < 4.78 is 0. The van der Waals surface area contributed by atoms with Gasteiger partial charge in [-0.05, 0) is 51.5 Å². The molecule has 1 unspecified atom stereocenters. The molecule has 13 heavy (non-hydrogen) atoms. The lowest BCUT2D eigenvalue weighted by Gasteiger charge is -2.17. The summed E-state index contributed by atoms with van der Waals surface area (Å²) in [6, 6.07) is 0. The maximum atomic E-state index is 11.0. The Kier molecular flexibility index (Phi) is 3.47. The van der Waals surface area contributed by atoms with Gasteiger partial charge in [0.15, 0.2) is 5.78 Å². The molecule has 72 valence electrons. The summed E-state index contributed by atoms with van der Waals surface area (Å²) in [5.74, 6) is 0.791. The van der Waals surface area contributed by atoms with E-state index in [1.54, 1.807) is 6.92 Å². The van der Waals surface area contributed by atoms with Crippen molar-refractivity contribution in [3.63, 3.8) is 0 Å². The van der Waals surface area contributed by atoms with Crippen LogP contribution in [0.2, 0.25) is 0 Å². The highest BCUT2D eigenvalue weighted by atomic mass is 16.1. The minimum Gasteiger partial charge on any atom is -0.295 e. The molecule has 1 aliphatic carbocycles. The summed E-state index contributed by atoms with van der Waals surface area (Å²) in [6.45, 7) is 5.72. The maximum absolute atomic E-state index is 11.0. The second-order valence-corrected chi connectivity index (χ2v) is 3.99. The number of carbonyl (C=O) groups excluding carboxylic acids is 1. The lowest BCUT2D eigenvalue weighted by atomic mass is 9.88. The molecule has 1 atom stereocenters. The van der Waals surface area contributed by atoms with Crippen molar-refractivity contribution in [2.24, 2.45) is 5.92 Å². The normalized spacial score (nSPS) is 24.1. The first-order chi connectivity index (χ1) is 6.09. The van der Waals surface area contributed by atoms with Crippen molar-refractivity contribution in [2.45, 2.75) is 40.0 Å². The van der Waals surface area contributed by atoms with Crippen LogP contribution in [0.1, 0.15) is 40.0 Å². The number of rotatable bonds is 2. The lowest BCUT2D eigenvalue weighted by molar-refractivity contribution is -0.113. The third kappa shape index (κ3) is 3.17. The van der Waals surface area contributed by atoms with E-state index >= 15 is 0 Å². The van der Waals surface area contributed by atoms with Gasteiger partial charge in [0, 0.05) is 0 Å². The summed E-state index contributed by atoms with van der Waals surface area (Å²) in [4.78, 5) is 11.0. The van der Waals surface area contributed by atoms with Crippen LogP contribution < -0.4 is 0 Å². The zero-order valence-electron chi connectivity index (χ0n) is 8.76. The minimum absolute atomic E-state index is 0.200. The summed E-state index contributed by atoms with van der Waals surface area (Å²) in [5, 5.41) is 0. The summed E-state index contributed by atoms with van der Waals surface area (Å²) in [7, 11) is 0. The lowest BCUT2D eigenvalue weighted by Crippen LogP contribution is -2.04. The summed E-state index contributed by atoms with van der Waals surface area (Å²) in [6.07, 6.45) is 7.92. The molecule has 0 N–H and O–H groups in total. The topological polar surface area (TPSA) is 17.1 Å². The zero-order chi connectivity index (χ0) is 9.84. The molecule has 0 saturated heterocycles. The molecular weight excluding hydrogens is 160 g/mol. The van der Waals surface area contributed by atoms with Gasteiger partial charge >= 0.3 is 0 Å². The van der Waals surface area contributed by atoms with E-state index in [2.05, 4.69) is 19.1 Å². The third-order valence-corrected chi connectivity index (χ3v) is 2.72. The van der Waals surface area contributed by atoms with Gasteiger partial charge < -0.3 is 0 Å². The molecule has 1 aliphatic rings. The molecule has 0 bridgehead atoms. The van der Waals surface area contributed by atoms with E-state index in [1.807, 2.05) is 6.92 Å². The van der Waals surface area contributed by atoms with Gasteiger partial charge in [-0.2, -0.15) is 0 Å². The van der Waals surface area contributed by atoms with E-state index in [0.717, 1.165) is 12.0 Å². The van der Waals surface area contributed by atoms with Gasteiger partial charge in [0.05, 0.1) is 0 Å². The van der Waals surface area contributed by atoms with Gasteiger partial charge in [-0.15, -0.1) is 0 Å². The first kappa shape index (κ1) is 10.2. The Labute approximate surface area is 80.5 Å². The molecule has 1 heteroatoms. The first-order valence-corrected chi connectivity index (χ1v) is 4.94. The molecule has 0 amide bonds. The Morgan fingerprint density at radius 2 is 2.23 bits per heavy atom. The Balaban J connectivity index is 2.57. The van der Waals surface area contributed by atoms with Crippen molar-refractivity contribution in [1.29, 1.82) is 0 Å². The Morgan fingerprint density at radius 3 is 2.69 bits per heavy atom. The quantitative estimate of drug-likeness (QED) is 0.468. The molecule has 1 nitrogen and oxygen atoms in total. The molecule has 0 aromatic heterocycles. The van der Waals surface area contributed by atoms with Crippen molar-refractivity contribution >= 4 is 5.78 Å². The number of carbonyl (C=O) groups is 1. The molecule has 1 rings (SSSR count). The fourth-order valence-electron chi connectivity index (χ4n) is 1.61. The predicted octanol–water partition coefficient (Wildman–Crippen LogP) is 3.27. The van der Waals surface area contributed by atoms with Crippen LogP contribution >= 0.6 is 0 Å². The molecule has 0 heterocycles. The second-order valence-electron chi connectivity index (χ2n) is 3.99. The number of hydrogen-bond acceptors (Lipinski definition) is 1. The average Bonchev–Trinajstić information content (AvgIpc) is 2.08. The summed E-state index contributed by atoms with van der Waals surface area (Å²) in [5.41, 5.74) is 2.41. The second kappa shape index (κ2) is 4.40. The Bertz CT molecular complexity index is 258. The fraction of sp³-hybridized carbons (Fsp3) is 0.583. The van der Waals surface area contributed by atoms with Crippen LogP contribution in [0.15, 0.2) is 23.3 Å². The van der Waals surface area contributed by atoms with Crippen LogP contribution in [0.25, 0.3) is 0 Å². The van der Waals surface area contributed by atoms with Gasteiger partial charge in [0.25, 0.3) is 0 Å². The standard InChI is InChI=1S/C12H18O/c1-9-4-6-12(7-5-9)8-10(2)11(3)13/h4,8,12H,5-7H2,1-3H3/b10-8+. The monoisotopic (exact) mass is 178 g/mol. The smallest absolute Gasteiger partial charge is 0.155 e. The predicted molar refractivity (Wildman–Crippen MR) is 55.5 cm³/mol.